The molecule has 0 aromatic heterocycles. The first kappa shape index (κ1) is 26.0. The third-order valence-corrected chi connectivity index (χ3v) is 5.38. The molecular formula is C22H38O9. The van der Waals surface area contributed by atoms with Crippen LogP contribution in [-0.4, -0.2) is 71.4 Å². The fraction of sp³-hybridized carbons (Fsp3) is 0.909. The van der Waals surface area contributed by atoms with Crippen molar-refractivity contribution < 1.29 is 43.5 Å². The van der Waals surface area contributed by atoms with Gasteiger partial charge in [-0.15, -0.1) is 0 Å². The van der Waals surface area contributed by atoms with Crippen molar-refractivity contribution in [2.75, 3.05) is 13.2 Å². The number of carbonyl (C=O) groups excluding carboxylic acids is 1. The molecule has 0 bridgehead atoms. The molecule has 0 aliphatic carbocycles. The van der Waals surface area contributed by atoms with Gasteiger partial charge in [0.1, 0.15) is 6.61 Å². The molecule has 0 amide bonds. The van der Waals surface area contributed by atoms with E-state index in [1.165, 1.54) is 0 Å². The summed E-state index contributed by atoms with van der Waals surface area (Å²) in [6.45, 7) is 12.6. The number of aliphatic carboxylic acids is 1. The average molecular weight is 447 g/mol. The molecule has 0 radical (unpaired) electrons. The molecular weight excluding hydrogens is 408 g/mol. The standard InChI is InChI=1S/C22H38O9/c1-20(2,3)18(16-9-14(11-23)29-22(6,7)31-16)19(26)27-12-15-8-13(10-17(24)25)28-21(4,5)30-15/h13-16,18,23H,8-12H2,1-7H3,(H,24,25)/t13-,14+,15+,16-,18?/m1/s1. The minimum Gasteiger partial charge on any atom is -0.481 e. The average Bonchev–Trinajstić information content (AvgIpc) is 2.55. The van der Waals surface area contributed by atoms with Crippen LogP contribution >= 0.6 is 0 Å². The molecule has 2 N–H and O–H groups in total. The van der Waals surface area contributed by atoms with E-state index in [9.17, 15) is 14.7 Å². The maximum atomic E-state index is 13.2. The van der Waals surface area contributed by atoms with Gasteiger partial charge in [-0.1, -0.05) is 20.8 Å². The summed E-state index contributed by atoms with van der Waals surface area (Å²) in [5.74, 6) is -3.87. The Bertz CT molecular complexity index is 637. The molecule has 180 valence electrons. The van der Waals surface area contributed by atoms with Crippen molar-refractivity contribution in [1.29, 1.82) is 0 Å². The van der Waals surface area contributed by atoms with Crippen molar-refractivity contribution in [3.63, 3.8) is 0 Å². The van der Waals surface area contributed by atoms with Crippen LogP contribution in [0.2, 0.25) is 0 Å². The van der Waals surface area contributed by atoms with Gasteiger partial charge in [0.2, 0.25) is 0 Å². The van der Waals surface area contributed by atoms with Gasteiger partial charge < -0.3 is 33.9 Å². The number of ether oxygens (including phenoxy) is 5. The van der Waals surface area contributed by atoms with E-state index >= 15 is 0 Å². The van der Waals surface area contributed by atoms with Crippen molar-refractivity contribution in [3.8, 4) is 0 Å². The van der Waals surface area contributed by atoms with Crippen molar-refractivity contribution in [2.45, 2.75) is 104 Å². The lowest BCUT2D eigenvalue weighted by Crippen LogP contribution is -2.53. The van der Waals surface area contributed by atoms with E-state index in [4.69, 9.17) is 28.8 Å². The second kappa shape index (κ2) is 9.70. The van der Waals surface area contributed by atoms with Gasteiger partial charge in [0.25, 0.3) is 0 Å². The predicted molar refractivity (Wildman–Crippen MR) is 110 cm³/mol. The molecule has 0 saturated carbocycles. The number of aliphatic hydroxyl groups excluding tert-OH is 1. The molecule has 2 aliphatic rings. The van der Waals surface area contributed by atoms with Crippen LogP contribution in [0.4, 0.5) is 0 Å². The molecule has 31 heavy (non-hydrogen) atoms. The van der Waals surface area contributed by atoms with E-state index < -0.39 is 59.3 Å². The van der Waals surface area contributed by atoms with Crippen LogP contribution in [0.15, 0.2) is 0 Å². The fourth-order valence-electron chi connectivity index (χ4n) is 4.43. The minimum absolute atomic E-state index is 0.00956. The van der Waals surface area contributed by atoms with E-state index in [1.807, 2.05) is 20.8 Å². The molecule has 2 aliphatic heterocycles. The number of carbonyl (C=O) groups is 2. The van der Waals surface area contributed by atoms with Crippen molar-refractivity contribution in [1.82, 2.24) is 0 Å². The molecule has 2 heterocycles. The van der Waals surface area contributed by atoms with Crippen LogP contribution in [0, 0.1) is 11.3 Å². The Labute approximate surface area is 184 Å². The van der Waals surface area contributed by atoms with Crippen LogP contribution in [0.3, 0.4) is 0 Å². The van der Waals surface area contributed by atoms with Gasteiger partial charge in [-0.2, -0.15) is 0 Å². The molecule has 1 unspecified atom stereocenters. The lowest BCUT2D eigenvalue weighted by molar-refractivity contribution is -0.317. The van der Waals surface area contributed by atoms with Crippen LogP contribution in [0.1, 0.15) is 67.7 Å². The lowest BCUT2D eigenvalue weighted by Gasteiger charge is -2.45. The summed E-state index contributed by atoms with van der Waals surface area (Å²) in [6, 6.07) is 0. The minimum atomic E-state index is -0.971. The maximum Gasteiger partial charge on any atom is 0.312 e. The van der Waals surface area contributed by atoms with Gasteiger partial charge in [0.05, 0.1) is 43.4 Å². The normalized spacial score (nSPS) is 31.6. The lowest BCUT2D eigenvalue weighted by atomic mass is 9.75. The van der Waals surface area contributed by atoms with Gasteiger partial charge in [0.15, 0.2) is 11.6 Å². The molecule has 2 fully saturated rings. The zero-order valence-corrected chi connectivity index (χ0v) is 19.7. The quantitative estimate of drug-likeness (QED) is 0.568. The van der Waals surface area contributed by atoms with E-state index in [0.29, 0.717) is 12.8 Å². The van der Waals surface area contributed by atoms with Crippen LogP contribution in [0.25, 0.3) is 0 Å². The molecule has 5 atom stereocenters. The Balaban J connectivity index is 2.08. The highest BCUT2D eigenvalue weighted by molar-refractivity contribution is 5.74. The summed E-state index contributed by atoms with van der Waals surface area (Å²) in [4.78, 5) is 24.3. The number of carboxylic acids is 1. The predicted octanol–water partition coefficient (Wildman–Crippen LogP) is 2.48. The Morgan fingerprint density at radius 3 is 2.06 bits per heavy atom. The monoisotopic (exact) mass is 446 g/mol. The summed E-state index contributed by atoms with van der Waals surface area (Å²) in [5.41, 5.74) is -0.461. The summed E-state index contributed by atoms with van der Waals surface area (Å²) in [5, 5.41) is 18.7. The van der Waals surface area contributed by atoms with Crippen LogP contribution < -0.4 is 0 Å². The zero-order valence-electron chi connectivity index (χ0n) is 19.7. The first-order valence-electron chi connectivity index (χ1n) is 10.8. The second-order valence-corrected chi connectivity index (χ2v) is 10.4. The first-order valence-corrected chi connectivity index (χ1v) is 10.8. The summed E-state index contributed by atoms with van der Waals surface area (Å²) >= 11 is 0. The van der Waals surface area contributed by atoms with Gasteiger partial charge in [-0.25, -0.2) is 0 Å². The van der Waals surface area contributed by atoms with E-state index in [2.05, 4.69) is 0 Å². The highest BCUT2D eigenvalue weighted by Crippen LogP contribution is 2.39. The first-order chi connectivity index (χ1) is 14.1. The molecule has 2 saturated heterocycles. The number of hydrogen-bond acceptors (Lipinski definition) is 8. The number of aliphatic hydroxyl groups is 1. The largest absolute Gasteiger partial charge is 0.481 e. The molecule has 9 heteroatoms. The summed E-state index contributed by atoms with van der Waals surface area (Å²) in [7, 11) is 0. The molecule has 0 aromatic rings. The van der Waals surface area contributed by atoms with Gasteiger partial charge in [-0.05, 0) is 33.1 Å². The van der Waals surface area contributed by atoms with E-state index in [0.717, 1.165) is 0 Å². The van der Waals surface area contributed by atoms with Crippen LogP contribution in [-0.2, 0) is 33.3 Å². The SMILES string of the molecule is CC1(C)O[C@H](COC(=O)C([C@H]2C[C@@H](CO)OC(C)(C)O2)C(C)(C)C)C[C@H](CC(=O)O)O1. The zero-order chi connectivity index (χ0) is 23.6. The molecule has 2 rings (SSSR count). The summed E-state index contributed by atoms with van der Waals surface area (Å²) < 4.78 is 28.9. The fourth-order valence-corrected chi connectivity index (χ4v) is 4.43. The smallest absolute Gasteiger partial charge is 0.312 e. The van der Waals surface area contributed by atoms with Gasteiger partial charge in [-0.3, -0.25) is 9.59 Å². The molecule has 0 aromatic carbocycles. The summed E-state index contributed by atoms with van der Waals surface area (Å²) in [6.07, 6.45) is -1.36. The van der Waals surface area contributed by atoms with E-state index in [1.54, 1.807) is 27.7 Å². The third kappa shape index (κ3) is 7.68. The third-order valence-electron chi connectivity index (χ3n) is 5.38. The Hall–Kier alpha value is -1.26. The Morgan fingerprint density at radius 1 is 0.968 bits per heavy atom. The Morgan fingerprint density at radius 2 is 1.52 bits per heavy atom. The van der Waals surface area contributed by atoms with Crippen molar-refractivity contribution in [3.05, 3.63) is 0 Å². The topological polar surface area (TPSA) is 121 Å². The number of esters is 1. The van der Waals surface area contributed by atoms with Crippen LogP contribution in [0.5, 0.6) is 0 Å². The molecule has 9 nitrogen and oxygen atoms in total. The highest BCUT2D eigenvalue weighted by Gasteiger charge is 2.47. The van der Waals surface area contributed by atoms with Crippen molar-refractivity contribution in [2.24, 2.45) is 11.3 Å². The van der Waals surface area contributed by atoms with E-state index in [-0.39, 0.29) is 19.6 Å². The maximum absolute atomic E-state index is 13.2. The Kier molecular flexibility index (Phi) is 8.14. The number of rotatable bonds is 7. The van der Waals surface area contributed by atoms with Crippen molar-refractivity contribution >= 4 is 11.9 Å². The number of carboxylic acid groups (broad SMARTS) is 1. The molecule has 0 spiro atoms. The van der Waals surface area contributed by atoms with Gasteiger partial charge >= 0.3 is 11.9 Å². The highest BCUT2D eigenvalue weighted by atomic mass is 16.7. The second-order valence-electron chi connectivity index (χ2n) is 10.4. The number of hydrogen-bond donors (Lipinski definition) is 2. The van der Waals surface area contributed by atoms with Gasteiger partial charge in [0, 0.05) is 12.8 Å².